The molecule has 0 bridgehead atoms. The molecule has 1 aliphatic rings. The number of hydrogen-bond donors (Lipinski definition) is 2. The molecular formula is C18H24N6OS. The van der Waals surface area contributed by atoms with E-state index in [1.165, 1.54) is 34.6 Å². The van der Waals surface area contributed by atoms with Gasteiger partial charge in [0.2, 0.25) is 5.91 Å². The van der Waals surface area contributed by atoms with Gasteiger partial charge in [-0.2, -0.15) is 0 Å². The van der Waals surface area contributed by atoms with Crippen molar-refractivity contribution in [2.75, 3.05) is 48.3 Å². The van der Waals surface area contributed by atoms with Crippen molar-refractivity contribution in [2.45, 2.75) is 19.0 Å². The molecule has 0 aliphatic carbocycles. The van der Waals surface area contributed by atoms with Crippen LogP contribution in [-0.2, 0) is 4.79 Å². The van der Waals surface area contributed by atoms with E-state index in [1.54, 1.807) is 0 Å². The van der Waals surface area contributed by atoms with Gasteiger partial charge >= 0.3 is 0 Å². The zero-order valence-corrected chi connectivity index (χ0v) is 15.9. The zero-order valence-electron chi connectivity index (χ0n) is 15.1. The highest BCUT2D eigenvalue weighted by Crippen LogP contribution is 2.24. The van der Waals surface area contributed by atoms with Gasteiger partial charge in [0, 0.05) is 37.9 Å². The van der Waals surface area contributed by atoms with Crippen LogP contribution in [0, 0.1) is 13.8 Å². The van der Waals surface area contributed by atoms with Gasteiger partial charge in [-0.1, -0.05) is 23.9 Å². The van der Waals surface area contributed by atoms with Crippen LogP contribution in [0.4, 0.5) is 17.3 Å². The molecule has 0 radical (unpaired) electrons. The number of nitrogens with two attached hydrogens (primary N) is 2. The lowest BCUT2D eigenvalue weighted by Gasteiger charge is -2.37. The molecule has 1 aliphatic heterocycles. The lowest BCUT2D eigenvalue weighted by Crippen LogP contribution is -2.49. The van der Waals surface area contributed by atoms with Crippen molar-refractivity contribution in [1.82, 2.24) is 14.9 Å². The van der Waals surface area contributed by atoms with Gasteiger partial charge in [-0.25, -0.2) is 9.97 Å². The number of anilines is 3. The van der Waals surface area contributed by atoms with E-state index in [1.807, 2.05) is 4.90 Å². The number of aryl methyl sites for hydroxylation is 1. The minimum absolute atomic E-state index is 0.0835. The third kappa shape index (κ3) is 4.19. The van der Waals surface area contributed by atoms with Crippen LogP contribution in [0.5, 0.6) is 0 Å². The Hall–Kier alpha value is -2.48. The van der Waals surface area contributed by atoms with Crippen LogP contribution in [0.15, 0.2) is 29.4 Å². The van der Waals surface area contributed by atoms with E-state index in [-0.39, 0.29) is 11.7 Å². The summed E-state index contributed by atoms with van der Waals surface area (Å²) in [5.74, 6) is 0.996. The molecule has 0 saturated carbocycles. The number of nitrogen functional groups attached to an aromatic ring is 2. The number of piperazine rings is 1. The summed E-state index contributed by atoms with van der Waals surface area (Å²) in [7, 11) is 0. The smallest absolute Gasteiger partial charge is 0.233 e. The van der Waals surface area contributed by atoms with Crippen LogP contribution < -0.4 is 16.4 Å². The van der Waals surface area contributed by atoms with E-state index < -0.39 is 0 Å². The molecule has 2 aromatic rings. The Morgan fingerprint density at radius 3 is 2.42 bits per heavy atom. The molecule has 8 heteroatoms. The summed E-state index contributed by atoms with van der Waals surface area (Å²) in [6.45, 7) is 7.38. The molecule has 7 nitrogen and oxygen atoms in total. The molecule has 1 aromatic carbocycles. The first-order valence-electron chi connectivity index (χ1n) is 8.56. The van der Waals surface area contributed by atoms with Crippen LogP contribution >= 0.6 is 11.8 Å². The number of aromatic nitrogens is 2. The van der Waals surface area contributed by atoms with Crippen molar-refractivity contribution in [3.8, 4) is 0 Å². The Bertz CT molecular complexity index is 784. The number of rotatable bonds is 4. The Morgan fingerprint density at radius 1 is 1.12 bits per heavy atom. The van der Waals surface area contributed by atoms with Crippen LogP contribution in [-0.4, -0.2) is 52.7 Å². The van der Waals surface area contributed by atoms with E-state index in [0.29, 0.717) is 29.9 Å². The second-order valence-corrected chi connectivity index (χ2v) is 7.32. The maximum atomic E-state index is 12.5. The average molecular weight is 372 g/mol. The minimum Gasteiger partial charge on any atom is -0.383 e. The quantitative estimate of drug-likeness (QED) is 0.622. The van der Waals surface area contributed by atoms with E-state index >= 15 is 0 Å². The Balaban J connectivity index is 1.54. The van der Waals surface area contributed by atoms with Crippen molar-refractivity contribution in [2.24, 2.45) is 0 Å². The minimum atomic E-state index is 0.0835. The number of amides is 1. The lowest BCUT2D eigenvalue weighted by molar-refractivity contribution is -0.128. The third-order valence-corrected chi connectivity index (χ3v) is 5.45. The van der Waals surface area contributed by atoms with Gasteiger partial charge in [0.15, 0.2) is 5.16 Å². The normalized spacial score (nSPS) is 14.5. The Labute approximate surface area is 157 Å². The molecule has 0 unspecified atom stereocenters. The molecule has 1 saturated heterocycles. The summed E-state index contributed by atoms with van der Waals surface area (Å²) in [4.78, 5) is 24.9. The highest BCUT2D eigenvalue weighted by molar-refractivity contribution is 7.99. The summed E-state index contributed by atoms with van der Waals surface area (Å²) in [6, 6.07) is 7.86. The predicted molar refractivity (Wildman–Crippen MR) is 106 cm³/mol. The van der Waals surface area contributed by atoms with Gasteiger partial charge in [-0.3, -0.25) is 4.79 Å². The number of nitrogens with zero attached hydrogens (tertiary/aromatic N) is 4. The maximum absolute atomic E-state index is 12.5. The molecule has 1 fully saturated rings. The largest absolute Gasteiger partial charge is 0.383 e. The van der Waals surface area contributed by atoms with Crippen molar-refractivity contribution < 1.29 is 4.79 Å². The topological polar surface area (TPSA) is 101 Å². The van der Waals surface area contributed by atoms with Crippen molar-refractivity contribution in [3.05, 3.63) is 35.4 Å². The lowest BCUT2D eigenvalue weighted by atomic mass is 10.1. The third-order valence-electron chi connectivity index (χ3n) is 4.62. The first-order chi connectivity index (χ1) is 12.4. The monoisotopic (exact) mass is 372 g/mol. The number of benzene rings is 1. The fourth-order valence-corrected chi connectivity index (χ4v) is 3.79. The van der Waals surface area contributed by atoms with Crippen molar-refractivity contribution in [1.29, 1.82) is 0 Å². The molecule has 1 amide bonds. The molecule has 2 heterocycles. The average Bonchev–Trinajstić information content (AvgIpc) is 2.61. The van der Waals surface area contributed by atoms with Crippen molar-refractivity contribution in [3.63, 3.8) is 0 Å². The fourth-order valence-electron chi connectivity index (χ4n) is 3.02. The predicted octanol–water partition coefficient (Wildman–Crippen LogP) is 1.70. The van der Waals surface area contributed by atoms with Crippen molar-refractivity contribution >= 4 is 35.0 Å². The van der Waals surface area contributed by atoms with Gasteiger partial charge in [0.05, 0.1) is 5.75 Å². The molecular weight excluding hydrogens is 348 g/mol. The molecule has 26 heavy (non-hydrogen) atoms. The van der Waals surface area contributed by atoms with E-state index in [2.05, 4.69) is 46.9 Å². The van der Waals surface area contributed by atoms with E-state index in [9.17, 15) is 4.79 Å². The first-order valence-corrected chi connectivity index (χ1v) is 9.54. The number of carbonyl (C=O) groups excluding carboxylic acids is 1. The van der Waals surface area contributed by atoms with Crippen LogP contribution in [0.1, 0.15) is 11.1 Å². The highest BCUT2D eigenvalue weighted by Gasteiger charge is 2.22. The molecule has 0 atom stereocenters. The van der Waals surface area contributed by atoms with Crippen LogP contribution in [0.25, 0.3) is 0 Å². The first kappa shape index (κ1) is 18.3. The second-order valence-electron chi connectivity index (χ2n) is 6.38. The van der Waals surface area contributed by atoms with Gasteiger partial charge < -0.3 is 21.3 Å². The van der Waals surface area contributed by atoms with Gasteiger partial charge in [0.1, 0.15) is 11.6 Å². The summed E-state index contributed by atoms with van der Waals surface area (Å²) in [6.07, 6.45) is 0. The van der Waals surface area contributed by atoms with Crippen LogP contribution in [0.3, 0.4) is 0 Å². The molecule has 0 spiro atoms. The summed E-state index contributed by atoms with van der Waals surface area (Å²) in [5, 5.41) is 0.435. The zero-order chi connectivity index (χ0) is 18.7. The van der Waals surface area contributed by atoms with Gasteiger partial charge in [-0.15, -0.1) is 0 Å². The van der Waals surface area contributed by atoms with E-state index in [0.717, 1.165) is 13.1 Å². The maximum Gasteiger partial charge on any atom is 0.233 e. The molecule has 1 aromatic heterocycles. The number of thioether (sulfide) groups is 1. The molecule has 4 N–H and O–H groups in total. The fraction of sp³-hybridized carbons (Fsp3) is 0.389. The number of hydrogen-bond acceptors (Lipinski definition) is 7. The molecule has 138 valence electrons. The second kappa shape index (κ2) is 7.82. The van der Waals surface area contributed by atoms with E-state index in [4.69, 9.17) is 11.5 Å². The summed E-state index contributed by atoms with van der Waals surface area (Å²) in [5.41, 5.74) is 15.2. The summed E-state index contributed by atoms with van der Waals surface area (Å²) >= 11 is 1.27. The molecule has 3 rings (SSSR count). The Kier molecular flexibility index (Phi) is 5.51. The standard InChI is InChI=1S/C18H24N6OS/c1-12-4-3-5-14(13(12)2)23-6-8-24(9-7-23)17(25)11-26-18-21-15(19)10-16(20)22-18/h3-5,10H,6-9,11H2,1-2H3,(H4,19,20,21,22). The van der Waals surface area contributed by atoms with Crippen LogP contribution in [0.2, 0.25) is 0 Å². The van der Waals surface area contributed by atoms with Gasteiger partial charge in [0.25, 0.3) is 0 Å². The SMILES string of the molecule is Cc1cccc(N2CCN(C(=O)CSc3nc(N)cc(N)n3)CC2)c1C. The van der Waals surface area contributed by atoms with Gasteiger partial charge in [-0.05, 0) is 31.0 Å². The summed E-state index contributed by atoms with van der Waals surface area (Å²) < 4.78 is 0. The number of carbonyl (C=O) groups is 1. The highest BCUT2D eigenvalue weighted by atomic mass is 32.2. The Morgan fingerprint density at radius 2 is 1.77 bits per heavy atom.